The Morgan fingerprint density at radius 3 is 2.62 bits per heavy atom. The van der Waals surface area contributed by atoms with E-state index in [1.54, 1.807) is 14.2 Å². The molecule has 0 bridgehead atoms. The van der Waals surface area contributed by atoms with Gasteiger partial charge >= 0.3 is 0 Å². The van der Waals surface area contributed by atoms with Gasteiger partial charge in [-0.3, -0.25) is 0 Å². The highest BCUT2D eigenvalue weighted by atomic mass is 16.5. The molecular weight excluding hydrogens is 266 g/mol. The number of methoxy groups -OCH3 is 2. The average molecular weight is 287 g/mol. The van der Waals surface area contributed by atoms with Crippen LogP contribution in [0.4, 0.5) is 5.69 Å². The van der Waals surface area contributed by atoms with E-state index in [1.807, 2.05) is 48.5 Å². The summed E-state index contributed by atoms with van der Waals surface area (Å²) in [5.41, 5.74) is 2.13. The van der Waals surface area contributed by atoms with Crippen molar-refractivity contribution in [3.05, 3.63) is 54.1 Å². The SMILES string of the molecule is COCCOc1cccc(NCc2ccccc2OC)c1. The third-order valence-electron chi connectivity index (χ3n) is 3.07. The minimum absolute atomic E-state index is 0.548. The predicted molar refractivity (Wildman–Crippen MR) is 84.1 cm³/mol. The summed E-state index contributed by atoms with van der Waals surface area (Å²) in [6, 6.07) is 15.9. The summed E-state index contributed by atoms with van der Waals surface area (Å²) >= 11 is 0. The van der Waals surface area contributed by atoms with E-state index in [0.717, 1.165) is 22.7 Å². The zero-order valence-electron chi connectivity index (χ0n) is 12.5. The summed E-state index contributed by atoms with van der Waals surface area (Å²) in [7, 11) is 3.34. The molecule has 0 aliphatic rings. The molecule has 2 aromatic rings. The lowest BCUT2D eigenvalue weighted by atomic mass is 10.2. The highest BCUT2D eigenvalue weighted by molar-refractivity contribution is 5.49. The van der Waals surface area contributed by atoms with Crippen LogP contribution in [0.1, 0.15) is 5.56 Å². The van der Waals surface area contributed by atoms with E-state index in [0.29, 0.717) is 19.8 Å². The van der Waals surface area contributed by atoms with Crippen molar-refractivity contribution in [3.63, 3.8) is 0 Å². The number of rotatable bonds is 8. The van der Waals surface area contributed by atoms with Gasteiger partial charge in [0.15, 0.2) is 0 Å². The number of hydrogen-bond acceptors (Lipinski definition) is 4. The molecule has 112 valence electrons. The van der Waals surface area contributed by atoms with Gasteiger partial charge in [-0.25, -0.2) is 0 Å². The number of nitrogens with one attached hydrogen (secondary N) is 1. The maximum Gasteiger partial charge on any atom is 0.123 e. The van der Waals surface area contributed by atoms with Gasteiger partial charge in [-0.2, -0.15) is 0 Å². The second-order valence-corrected chi connectivity index (χ2v) is 4.53. The van der Waals surface area contributed by atoms with Gasteiger partial charge in [0.25, 0.3) is 0 Å². The van der Waals surface area contributed by atoms with Crippen molar-refractivity contribution in [2.24, 2.45) is 0 Å². The molecule has 0 fully saturated rings. The summed E-state index contributed by atoms with van der Waals surface area (Å²) in [4.78, 5) is 0. The van der Waals surface area contributed by atoms with E-state index < -0.39 is 0 Å². The summed E-state index contributed by atoms with van der Waals surface area (Å²) in [6.07, 6.45) is 0. The zero-order chi connectivity index (χ0) is 14.9. The number of hydrogen-bond donors (Lipinski definition) is 1. The quantitative estimate of drug-likeness (QED) is 0.756. The maximum atomic E-state index is 5.59. The Bertz CT molecular complexity index is 557. The van der Waals surface area contributed by atoms with E-state index in [-0.39, 0.29) is 0 Å². The second kappa shape index (κ2) is 8.17. The van der Waals surface area contributed by atoms with E-state index in [4.69, 9.17) is 14.2 Å². The van der Waals surface area contributed by atoms with Crippen LogP contribution in [-0.2, 0) is 11.3 Å². The molecule has 4 nitrogen and oxygen atoms in total. The molecule has 0 aliphatic heterocycles. The van der Waals surface area contributed by atoms with Crippen LogP contribution < -0.4 is 14.8 Å². The second-order valence-electron chi connectivity index (χ2n) is 4.53. The summed E-state index contributed by atoms with van der Waals surface area (Å²) < 4.78 is 15.9. The number of ether oxygens (including phenoxy) is 3. The number of benzene rings is 2. The molecule has 2 aromatic carbocycles. The van der Waals surface area contributed by atoms with Crippen LogP contribution in [-0.4, -0.2) is 27.4 Å². The molecule has 0 saturated carbocycles. The number of anilines is 1. The lowest BCUT2D eigenvalue weighted by Gasteiger charge is -2.12. The fraction of sp³-hybridized carbons (Fsp3) is 0.294. The van der Waals surface area contributed by atoms with Gasteiger partial charge in [0.1, 0.15) is 18.1 Å². The first-order chi connectivity index (χ1) is 10.3. The van der Waals surface area contributed by atoms with Crippen molar-refractivity contribution in [3.8, 4) is 11.5 Å². The smallest absolute Gasteiger partial charge is 0.123 e. The topological polar surface area (TPSA) is 39.7 Å². The van der Waals surface area contributed by atoms with Gasteiger partial charge in [-0.05, 0) is 18.2 Å². The molecule has 2 rings (SSSR count). The van der Waals surface area contributed by atoms with Gasteiger partial charge in [0.2, 0.25) is 0 Å². The lowest BCUT2D eigenvalue weighted by molar-refractivity contribution is 0.146. The Labute approximate surface area is 125 Å². The fourth-order valence-corrected chi connectivity index (χ4v) is 1.98. The molecule has 0 amide bonds. The summed E-state index contributed by atoms with van der Waals surface area (Å²) in [5.74, 6) is 1.72. The molecule has 0 saturated heterocycles. The Morgan fingerprint density at radius 2 is 1.81 bits per heavy atom. The third-order valence-corrected chi connectivity index (χ3v) is 3.07. The molecule has 1 N–H and O–H groups in total. The molecule has 4 heteroatoms. The molecule has 0 heterocycles. The lowest BCUT2D eigenvalue weighted by Crippen LogP contribution is -2.05. The van der Waals surface area contributed by atoms with Crippen LogP contribution in [0.15, 0.2) is 48.5 Å². The molecule has 0 unspecified atom stereocenters. The van der Waals surface area contributed by atoms with Crippen LogP contribution in [0.3, 0.4) is 0 Å². The van der Waals surface area contributed by atoms with Crippen molar-refractivity contribution in [2.75, 3.05) is 32.8 Å². The molecule has 0 aliphatic carbocycles. The Morgan fingerprint density at radius 1 is 0.952 bits per heavy atom. The van der Waals surface area contributed by atoms with Crippen LogP contribution in [0.5, 0.6) is 11.5 Å². The molecule has 21 heavy (non-hydrogen) atoms. The van der Waals surface area contributed by atoms with E-state index in [1.165, 1.54) is 0 Å². The minimum Gasteiger partial charge on any atom is -0.496 e. The number of para-hydroxylation sites is 1. The first kappa shape index (κ1) is 15.2. The first-order valence-corrected chi connectivity index (χ1v) is 6.91. The van der Waals surface area contributed by atoms with Crippen LogP contribution in [0.2, 0.25) is 0 Å². The Kier molecular flexibility index (Phi) is 5.91. The van der Waals surface area contributed by atoms with E-state index in [9.17, 15) is 0 Å². The van der Waals surface area contributed by atoms with Crippen molar-refractivity contribution in [1.29, 1.82) is 0 Å². The third kappa shape index (κ3) is 4.68. The predicted octanol–water partition coefficient (Wildman–Crippen LogP) is 3.33. The first-order valence-electron chi connectivity index (χ1n) is 6.91. The maximum absolute atomic E-state index is 5.59. The summed E-state index contributed by atoms with van der Waals surface area (Å²) in [5, 5.41) is 3.38. The molecule has 0 radical (unpaired) electrons. The Balaban J connectivity index is 1.95. The average Bonchev–Trinajstić information content (AvgIpc) is 2.54. The normalized spacial score (nSPS) is 10.2. The molecule has 0 atom stereocenters. The molecule has 0 aromatic heterocycles. The molecule has 0 spiro atoms. The van der Waals surface area contributed by atoms with E-state index in [2.05, 4.69) is 5.32 Å². The summed E-state index contributed by atoms with van der Waals surface area (Å²) in [6.45, 7) is 1.83. The van der Waals surface area contributed by atoms with Crippen molar-refractivity contribution < 1.29 is 14.2 Å². The largest absolute Gasteiger partial charge is 0.496 e. The highest BCUT2D eigenvalue weighted by Crippen LogP contribution is 2.21. The van der Waals surface area contributed by atoms with E-state index >= 15 is 0 Å². The Hall–Kier alpha value is -2.20. The van der Waals surface area contributed by atoms with Gasteiger partial charge < -0.3 is 19.5 Å². The van der Waals surface area contributed by atoms with Gasteiger partial charge in [0, 0.05) is 31.0 Å². The van der Waals surface area contributed by atoms with Gasteiger partial charge in [-0.1, -0.05) is 24.3 Å². The highest BCUT2D eigenvalue weighted by Gasteiger charge is 2.02. The standard InChI is InChI=1S/C17H21NO3/c1-19-10-11-21-16-8-5-7-15(12-16)18-13-14-6-3-4-9-17(14)20-2/h3-9,12,18H,10-11,13H2,1-2H3. The zero-order valence-corrected chi connectivity index (χ0v) is 12.5. The minimum atomic E-state index is 0.548. The molecular formula is C17H21NO3. The van der Waals surface area contributed by atoms with Gasteiger partial charge in [0.05, 0.1) is 13.7 Å². The van der Waals surface area contributed by atoms with Gasteiger partial charge in [-0.15, -0.1) is 0 Å². The monoisotopic (exact) mass is 287 g/mol. The van der Waals surface area contributed by atoms with Crippen LogP contribution >= 0.6 is 0 Å². The van der Waals surface area contributed by atoms with Crippen LogP contribution in [0, 0.1) is 0 Å². The van der Waals surface area contributed by atoms with Crippen molar-refractivity contribution in [2.45, 2.75) is 6.54 Å². The van der Waals surface area contributed by atoms with Crippen LogP contribution in [0.25, 0.3) is 0 Å². The van der Waals surface area contributed by atoms with Crippen molar-refractivity contribution >= 4 is 5.69 Å². The fourth-order valence-electron chi connectivity index (χ4n) is 1.98. The van der Waals surface area contributed by atoms with Crippen molar-refractivity contribution in [1.82, 2.24) is 0 Å².